The molecule has 12 heteroatoms. The molecule has 0 fully saturated rings. The Hall–Kier alpha value is -2.79. The lowest BCUT2D eigenvalue weighted by atomic mass is 10.2. The summed E-state index contributed by atoms with van der Waals surface area (Å²) < 4.78 is 28.2. The van der Waals surface area contributed by atoms with E-state index in [0.717, 1.165) is 4.52 Å². The number of nitrogens with zero attached hydrogens (tertiary/aromatic N) is 5. The SMILES string of the molecule is Cc1cccc([N+](=O)[O-])c1NS(=O)(=O)c1nc2ncc(Cl)cn2n1. The van der Waals surface area contributed by atoms with Gasteiger partial charge in [0.15, 0.2) is 0 Å². The molecule has 0 atom stereocenters. The highest BCUT2D eigenvalue weighted by molar-refractivity contribution is 7.92. The Balaban J connectivity index is 2.07. The lowest BCUT2D eigenvalue weighted by molar-refractivity contribution is -0.383. The minimum absolute atomic E-state index is 0.0269. The van der Waals surface area contributed by atoms with Gasteiger partial charge in [0.1, 0.15) is 5.69 Å². The first-order valence-electron chi connectivity index (χ1n) is 6.43. The molecule has 124 valence electrons. The fourth-order valence-corrected chi connectivity index (χ4v) is 3.14. The van der Waals surface area contributed by atoms with Crippen LogP contribution >= 0.6 is 11.6 Å². The van der Waals surface area contributed by atoms with Gasteiger partial charge in [0.25, 0.3) is 26.6 Å². The number of fused-ring (bicyclic) bond motifs is 1. The van der Waals surface area contributed by atoms with E-state index < -0.39 is 20.1 Å². The molecule has 3 aromatic rings. The molecule has 0 radical (unpaired) electrons. The van der Waals surface area contributed by atoms with Gasteiger partial charge in [-0.15, -0.1) is 5.10 Å². The number of nitro groups is 1. The monoisotopic (exact) mass is 368 g/mol. The molecule has 0 aliphatic heterocycles. The van der Waals surface area contributed by atoms with Crippen LogP contribution in [0, 0.1) is 17.0 Å². The number of rotatable bonds is 4. The summed E-state index contributed by atoms with van der Waals surface area (Å²) in [7, 11) is -4.25. The molecule has 10 nitrogen and oxygen atoms in total. The van der Waals surface area contributed by atoms with Crippen LogP contribution in [0.15, 0.2) is 35.7 Å². The van der Waals surface area contributed by atoms with E-state index in [-0.39, 0.29) is 22.2 Å². The van der Waals surface area contributed by atoms with E-state index >= 15 is 0 Å². The number of nitrogens with one attached hydrogen (secondary N) is 1. The quantitative estimate of drug-likeness (QED) is 0.548. The summed E-state index contributed by atoms with van der Waals surface area (Å²) in [5, 5.41) is 14.5. The zero-order chi connectivity index (χ0) is 17.5. The number of benzene rings is 1. The fourth-order valence-electron chi connectivity index (χ4n) is 1.97. The molecule has 3 rings (SSSR count). The Labute approximate surface area is 140 Å². The van der Waals surface area contributed by atoms with Crippen LogP contribution in [-0.4, -0.2) is 32.9 Å². The van der Waals surface area contributed by atoms with Crippen molar-refractivity contribution in [3.05, 3.63) is 51.3 Å². The molecule has 1 N–H and O–H groups in total. The van der Waals surface area contributed by atoms with Crippen molar-refractivity contribution in [1.82, 2.24) is 19.6 Å². The summed E-state index contributed by atoms with van der Waals surface area (Å²) in [4.78, 5) is 18.0. The van der Waals surface area contributed by atoms with Gasteiger partial charge in [-0.2, -0.15) is 13.4 Å². The zero-order valence-corrected chi connectivity index (χ0v) is 13.6. The van der Waals surface area contributed by atoms with Gasteiger partial charge in [-0.25, -0.2) is 9.50 Å². The number of sulfonamides is 1. The number of hydrogen-bond acceptors (Lipinski definition) is 7. The minimum Gasteiger partial charge on any atom is -0.270 e. The number of hydrogen-bond donors (Lipinski definition) is 1. The summed E-state index contributed by atoms with van der Waals surface area (Å²) in [5.41, 5.74) is -0.131. The lowest BCUT2D eigenvalue weighted by Crippen LogP contribution is -2.16. The van der Waals surface area contributed by atoms with E-state index in [1.165, 1.54) is 24.5 Å². The summed E-state index contributed by atoms with van der Waals surface area (Å²) >= 11 is 5.76. The van der Waals surface area contributed by atoms with E-state index in [9.17, 15) is 18.5 Å². The topological polar surface area (TPSA) is 132 Å². The maximum Gasteiger partial charge on any atom is 0.299 e. The average molecular weight is 369 g/mol. The third kappa shape index (κ3) is 2.86. The van der Waals surface area contributed by atoms with Crippen LogP contribution in [0.5, 0.6) is 0 Å². The van der Waals surface area contributed by atoms with E-state index in [4.69, 9.17) is 11.6 Å². The van der Waals surface area contributed by atoms with Gasteiger partial charge >= 0.3 is 0 Å². The molecular formula is C12H9ClN6O4S. The van der Waals surface area contributed by atoms with Gasteiger partial charge in [0.05, 0.1) is 22.3 Å². The largest absolute Gasteiger partial charge is 0.299 e. The maximum atomic E-state index is 12.5. The lowest BCUT2D eigenvalue weighted by Gasteiger charge is -2.08. The second-order valence-electron chi connectivity index (χ2n) is 4.74. The summed E-state index contributed by atoms with van der Waals surface area (Å²) in [5.74, 6) is 0.0269. The number of para-hydroxylation sites is 1. The second-order valence-corrected chi connectivity index (χ2v) is 6.76. The molecule has 0 aliphatic carbocycles. The van der Waals surface area contributed by atoms with Gasteiger partial charge in [-0.1, -0.05) is 23.7 Å². The molecule has 1 aromatic carbocycles. The van der Waals surface area contributed by atoms with Crippen LogP contribution in [0.25, 0.3) is 5.78 Å². The van der Waals surface area contributed by atoms with E-state index in [1.54, 1.807) is 13.0 Å². The van der Waals surface area contributed by atoms with Crippen LogP contribution in [0.2, 0.25) is 5.02 Å². The Bertz CT molecular complexity index is 1060. The number of anilines is 1. The van der Waals surface area contributed by atoms with Gasteiger partial charge in [0.2, 0.25) is 0 Å². The smallest absolute Gasteiger partial charge is 0.270 e. The Morgan fingerprint density at radius 2 is 2.12 bits per heavy atom. The summed E-state index contributed by atoms with van der Waals surface area (Å²) in [6.45, 7) is 1.54. The van der Waals surface area contributed by atoms with Crippen molar-refractivity contribution in [2.45, 2.75) is 12.1 Å². The molecule has 0 bridgehead atoms. The number of aryl methyl sites for hydroxylation is 1. The number of aromatic nitrogens is 4. The Morgan fingerprint density at radius 3 is 2.83 bits per heavy atom. The van der Waals surface area contributed by atoms with Crippen molar-refractivity contribution >= 4 is 38.8 Å². The van der Waals surface area contributed by atoms with Crippen LogP contribution in [0.3, 0.4) is 0 Å². The molecule has 0 amide bonds. The molecular weight excluding hydrogens is 360 g/mol. The molecule has 0 saturated heterocycles. The first-order valence-corrected chi connectivity index (χ1v) is 8.29. The average Bonchev–Trinajstić information content (AvgIpc) is 2.92. The molecule has 0 saturated carbocycles. The third-order valence-electron chi connectivity index (χ3n) is 3.07. The van der Waals surface area contributed by atoms with Crippen molar-refractivity contribution in [2.75, 3.05) is 4.72 Å². The molecule has 2 aromatic heterocycles. The highest BCUT2D eigenvalue weighted by atomic mass is 35.5. The summed E-state index contributed by atoms with van der Waals surface area (Å²) in [6.07, 6.45) is 2.63. The van der Waals surface area contributed by atoms with E-state index in [0.29, 0.717) is 5.56 Å². The molecule has 0 spiro atoms. The number of nitro benzene ring substituents is 1. The third-order valence-corrected chi connectivity index (χ3v) is 4.39. The Morgan fingerprint density at radius 1 is 1.38 bits per heavy atom. The Kier molecular flexibility index (Phi) is 3.81. The van der Waals surface area contributed by atoms with Crippen LogP contribution in [-0.2, 0) is 10.0 Å². The zero-order valence-electron chi connectivity index (χ0n) is 12.0. The van der Waals surface area contributed by atoms with Crippen molar-refractivity contribution in [2.24, 2.45) is 0 Å². The normalized spacial score (nSPS) is 11.6. The molecule has 24 heavy (non-hydrogen) atoms. The van der Waals surface area contributed by atoms with Gasteiger partial charge in [-0.3, -0.25) is 14.8 Å². The minimum atomic E-state index is -4.25. The van der Waals surface area contributed by atoms with Gasteiger partial charge < -0.3 is 0 Å². The summed E-state index contributed by atoms with van der Waals surface area (Å²) in [6, 6.07) is 4.20. The maximum absolute atomic E-state index is 12.5. The fraction of sp³-hybridized carbons (Fsp3) is 0.0833. The predicted molar refractivity (Wildman–Crippen MR) is 84.4 cm³/mol. The first kappa shape index (κ1) is 16.1. The van der Waals surface area contributed by atoms with E-state index in [1.807, 2.05) is 0 Å². The van der Waals surface area contributed by atoms with Crippen LogP contribution in [0.4, 0.5) is 11.4 Å². The van der Waals surface area contributed by atoms with Crippen molar-refractivity contribution in [1.29, 1.82) is 0 Å². The van der Waals surface area contributed by atoms with Gasteiger partial charge in [-0.05, 0) is 12.5 Å². The van der Waals surface area contributed by atoms with Crippen molar-refractivity contribution < 1.29 is 13.3 Å². The van der Waals surface area contributed by atoms with Crippen molar-refractivity contribution in [3.63, 3.8) is 0 Å². The highest BCUT2D eigenvalue weighted by Gasteiger charge is 2.26. The first-order chi connectivity index (χ1) is 11.3. The van der Waals surface area contributed by atoms with Crippen LogP contribution in [0.1, 0.15) is 5.56 Å². The standard InChI is InChI=1S/C12H9ClN6O4S/c1-7-3-2-4-9(19(20)21)10(7)17-24(22,23)12-15-11-14-5-8(13)6-18(11)16-12/h2-6,17H,1H3. The molecule has 0 aliphatic rings. The van der Waals surface area contributed by atoms with E-state index in [2.05, 4.69) is 19.8 Å². The molecule has 0 unspecified atom stereocenters. The molecule has 2 heterocycles. The number of halogens is 1. The van der Waals surface area contributed by atoms with Crippen molar-refractivity contribution in [3.8, 4) is 0 Å². The van der Waals surface area contributed by atoms with Crippen LogP contribution < -0.4 is 4.72 Å². The van der Waals surface area contributed by atoms with Gasteiger partial charge in [0, 0.05) is 6.07 Å². The highest BCUT2D eigenvalue weighted by Crippen LogP contribution is 2.29. The predicted octanol–water partition coefficient (Wildman–Crippen LogP) is 1.80. The second kappa shape index (κ2) is 5.69.